The molecule has 1 atom stereocenters. The second-order valence-corrected chi connectivity index (χ2v) is 6.19. The minimum atomic E-state index is -0.610. The van der Waals surface area contributed by atoms with Gasteiger partial charge in [0, 0.05) is 0 Å². The van der Waals surface area contributed by atoms with Crippen molar-refractivity contribution in [1.82, 2.24) is 4.90 Å². The Morgan fingerprint density at radius 3 is 2.61 bits per heavy atom. The predicted octanol–water partition coefficient (Wildman–Crippen LogP) is 2.10. The first-order valence-electron chi connectivity index (χ1n) is 6.54. The third-order valence-electron chi connectivity index (χ3n) is 2.91. The number of nitrogens with two attached hydrogens (primary N) is 1. The smallest absolute Gasteiger partial charge is 0.412 e. The average Bonchev–Trinajstić information content (AvgIpc) is 2.48. The summed E-state index contributed by atoms with van der Waals surface area (Å²) in [6.45, 7) is 10.5. The fraction of sp³-hybridized carbons (Fsp3) is 0.923. The summed E-state index contributed by atoms with van der Waals surface area (Å²) in [5, 5.41) is 0. The van der Waals surface area contributed by atoms with Crippen LogP contribution in [-0.4, -0.2) is 41.5 Å². The van der Waals surface area contributed by atoms with Gasteiger partial charge in [0.2, 0.25) is 0 Å². The molecular weight excluding hydrogens is 232 g/mol. The molecule has 0 aromatic carbocycles. The lowest BCUT2D eigenvalue weighted by Gasteiger charge is -2.35. The molecule has 1 aliphatic rings. The maximum Gasteiger partial charge on any atom is 0.412 e. The molecule has 0 bridgehead atoms. The predicted molar refractivity (Wildman–Crippen MR) is 70.2 cm³/mol. The van der Waals surface area contributed by atoms with Gasteiger partial charge < -0.3 is 15.2 Å². The van der Waals surface area contributed by atoms with Gasteiger partial charge in [-0.15, -0.1) is 0 Å². The van der Waals surface area contributed by atoms with Crippen LogP contribution in [0.1, 0.15) is 47.5 Å². The van der Waals surface area contributed by atoms with Gasteiger partial charge in [0.25, 0.3) is 0 Å². The van der Waals surface area contributed by atoms with Gasteiger partial charge in [-0.25, -0.2) is 4.79 Å². The van der Waals surface area contributed by atoms with Crippen molar-refractivity contribution in [2.45, 2.75) is 64.8 Å². The summed E-state index contributed by atoms with van der Waals surface area (Å²) >= 11 is 0. The Morgan fingerprint density at radius 2 is 2.11 bits per heavy atom. The highest BCUT2D eigenvalue weighted by Gasteiger charge is 2.45. The molecule has 0 saturated carbocycles. The number of hydrogen-bond acceptors (Lipinski definition) is 4. The quantitative estimate of drug-likeness (QED) is 0.842. The van der Waals surface area contributed by atoms with Crippen LogP contribution in [0.2, 0.25) is 0 Å². The van der Waals surface area contributed by atoms with Crippen LogP contribution >= 0.6 is 0 Å². The fourth-order valence-corrected chi connectivity index (χ4v) is 2.13. The highest BCUT2D eigenvalue weighted by molar-refractivity contribution is 5.69. The fourth-order valence-electron chi connectivity index (χ4n) is 2.13. The average molecular weight is 258 g/mol. The van der Waals surface area contributed by atoms with Crippen molar-refractivity contribution in [2.75, 3.05) is 13.2 Å². The van der Waals surface area contributed by atoms with Gasteiger partial charge in [-0.2, -0.15) is 0 Å². The number of ether oxygens (including phenoxy) is 2. The molecule has 2 N–H and O–H groups in total. The molecule has 5 heteroatoms. The lowest BCUT2D eigenvalue weighted by molar-refractivity contribution is -0.0627. The molecule has 1 saturated heterocycles. The Kier molecular flexibility index (Phi) is 4.61. The summed E-state index contributed by atoms with van der Waals surface area (Å²) in [5.41, 5.74) is 4.42. The van der Waals surface area contributed by atoms with E-state index < -0.39 is 11.3 Å². The summed E-state index contributed by atoms with van der Waals surface area (Å²) in [6.07, 6.45) is 1.41. The summed E-state index contributed by atoms with van der Waals surface area (Å²) in [4.78, 5) is 13.9. The van der Waals surface area contributed by atoms with E-state index in [1.165, 1.54) is 0 Å². The molecule has 0 radical (unpaired) electrons. The standard InChI is InChI=1S/C13H26N2O3/c1-12(2,3)18-11(16)15-10(7-6-8-14)9-17-13(15,4)5/h10H,6-9,14H2,1-5H3/t10-/m1/s1. The molecule has 106 valence electrons. The van der Waals surface area contributed by atoms with Crippen LogP contribution in [0.3, 0.4) is 0 Å². The van der Waals surface area contributed by atoms with E-state index in [1.54, 1.807) is 4.90 Å². The molecule has 5 nitrogen and oxygen atoms in total. The SMILES string of the molecule is CC(C)(C)OC(=O)N1[C@H](CCCN)COC1(C)C. The second kappa shape index (κ2) is 5.45. The zero-order chi connectivity index (χ0) is 14.0. The van der Waals surface area contributed by atoms with Gasteiger partial charge >= 0.3 is 6.09 Å². The molecule has 1 fully saturated rings. The Hall–Kier alpha value is -0.810. The Bertz CT molecular complexity index is 297. The molecular formula is C13H26N2O3. The summed E-state index contributed by atoms with van der Waals surface area (Å²) in [5.74, 6) is 0. The molecule has 1 amide bonds. The van der Waals surface area contributed by atoms with Gasteiger partial charge in [0.05, 0.1) is 12.6 Å². The van der Waals surface area contributed by atoms with Gasteiger partial charge in [0.1, 0.15) is 11.3 Å². The maximum atomic E-state index is 12.2. The number of hydrogen-bond donors (Lipinski definition) is 1. The molecule has 0 spiro atoms. The molecule has 1 rings (SSSR count). The van der Waals surface area contributed by atoms with Crippen molar-refractivity contribution < 1.29 is 14.3 Å². The van der Waals surface area contributed by atoms with Gasteiger partial charge in [-0.3, -0.25) is 4.90 Å². The van der Waals surface area contributed by atoms with Crippen molar-refractivity contribution in [1.29, 1.82) is 0 Å². The van der Waals surface area contributed by atoms with Crippen LogP contribution in [0.25, 0.3) is 0 Å². The minimum absolute atomic E-state index is 0.0541. The van der Waals surface area contributed by atoms with Crippen molar-refractivity contribution in [3.63, 3.8) is 0 Å². The lowest BCUT2D eigenvalue weighted by atomic mass is 10.1. The van der Waals surface area contributed by atoms with Crippen LogP contribution in [0.5, 0.6) is 0 Å². The zero-order valence-corrected chi connectivity index (χ0v) is 12.2. The highest BCUT2D eigenvalue weighted by Crippen LogP contribution is 2.31. The van der Waals surface area contributed by atoms with E-state index in [1.807, 2.05) is 34.6 Å². The van der Waals surface area contributed by atoms with Crippen molar-refractivity contribution >= 4 is 6.09 Å². The van der Waals surface area contributed by atoms with Crippen LogP contribution in [0, 0.1) is 0 Å². The third kappa shape index (κ3) is 3.85. The number of nitrogens with zero attached hydrogens (tertiary/aromatic N) is 1. The molecule has 1 heterocycles. The third-order valence-corrected chi connectivity index (χ3v) is 2.91. The van der Waals surface area contributed by atoms with E-state index >= 15 is 0 Å². The largest absolute Gasteiger partial charge is 0.444 e. The first-order chi connectivity index (χ1) is 8.17. The molecule has 0 aliphatic carbocycles. The number of carbonyl (C=O) groups is 1. The highest BCUT2D eigenvalue weighted by atomic mass is 16.6. The molecule has 0 aromatic rings. The number of rotatable bonds is 3. The van der Waals surface area contributed by atoms with Crippen LogP contribution < -0.4 is 5.73 Å². The summed E-state index contributed by atoms with van der Waals surface area (Å²) < 4.78 is 11.1. The van der Waals surface area contributed by atoms with Crippen molar-refractivity contribution in [3.05, 3.63) is 0 Å². The number of amides is 1. The molecule has 18 heavy (non-hydrogen) atoms. The van der Waals surface area contributed by atoms with E-state index in [2.05, 4.69) is 0 Å². The monoisotopic (exact) mass is 258 g/mol. The van der Waals surface area contributed by atoms with Crippen LogP contribution in [-0.2, 0) is 9.47 Å². The van der Waals surface area contributed by atoms with E-state index in [0.29, 0.717) is 13.2 Å². The first kappa shape index (κ1) is 15.2. The Morgan fingerprint density at radius 1 is 1.50 bits per heavy atom. The molecule has 1 aliphatic heterocycles. The first-order valence-corrected chi connectivity index (χ1v) is 6.54. The van der Waals surface area contributed by atoms with Crippen LogP contribution in [0.4, 0.5) is 4.79 Å². The maximum absolute atomic E-state index is 12.2. The topological polar surface area (TPSA) is 64.8 Å². The van der Waals surface area contributed by atoms with E-state index in [0.717, 1.165) is 12.8 Å². The Labute approximate surface area is 110 Å². The van der Waals surface area contributed by atoms with Crippen molar-refractivity contribution in [2.24, 2.45) is 5.73 Å². The summed E-state index contributed by atoms with van der Waals surface area (Å²) in [6, 6.07) is 0.0541. The van der Waals surface area contributed by atoms with E-state index in [-0.39, 0.29) is 12.1 Å². The van der Waals surface area contributed by atoms with Gasteiger partial charge in [-0.1, -0.05) is 0 Å². The molecule has 0 unspecified atom stereocenters. The zero-order valence-electron chi connectivity index (χ0n) is 12.2. The van der Waals surface area contributed by atoms with Gasteiger partial charge in [-0.05, 0) is 54.0 Å². The second-order valence-electron chi connectivity index (χ2n) is 6.19. The van der Waals surface area contributed by atoms with E-state index in [9.17, 15) is 4.79 Å². The Balaban J connectivity index is 2.75. The normalized spacial score (nSPS) is 23.2. The minimum Gasteiger partial charge on any atom is -0.444 e. The van der Waals surface area contributed by atoms with Gasteiger partial charge in [0.15, 0.2) is 0 Å². The van der Waals surface area contributed by atoms with E-state index in [4.69, 9.17) is 15.2 Å². The summed E-state index contributed by atoms with van der Waals surface area (Å²) in [7, 11) is 0. The van der Waals surface area contributed by atoms with Crippen LogP contribution in [0.15, 0.2) is 0 Å². The van der Waals surface area contributed by atoms with Crippen molar-refractivity contribution in [3.8, 4) is 0 Å². The number of carbonyl (C=O) groups excluding carboxylic acids is 1. The lowest BCUT2D eigenvalue weighted by Crippen LogP contribution is -2.49. The molecule has 0 aromatic heterocycles.